The van der Waals surface area contributed by atoms with E-state index in [-0.39, 0.29) is 37.5 Å². The van der Waals surface area contributed by atoms with Gasteiger partial charge >= 0.3 is 17.9 Å². The number of unbranched alkanes of at least 4 members (excludes halogenated alkanes) is 32. The van der Waals surface area contributed by atoms with Crippen LogP contribution in [0.1, 0.15) is 316 Å². The van der Waals surface area contributed by atoms with Crippen LogP contribution in [0, 0.1) is 0 Å². The number of hydrogen-bond acceptors (Lipinski definition) is 6. The lowest BCUT2D eigenvalue weighted by molar-refractivity contribution is -0.167. The molecule has 0 saturated heterocycles. The Morgan fingerprint density at radius 2 is 0.519 bits per heavy atom. The Morgan fingerprint density at radius 1 is 0.273 bits per heavy atom. The number of allylic oxidation sites excluding steroid dienone is 16. The van der Waals surface area contributed by atoms with Crippen molar-refractivity contribution in [3.8, 4) is 0 Å². The number of rotatable bonds is 59. The van der Waals surface area contributed by atoms with Crippen LogP contribution < -0.4 is 0 Å². The molecule has 0 aromatic heterocycles. The topological polar surface area (TPSA) is 78.9 Å². The van der Waals surface area contributed by atoms with E-state index < -0.39 is 6.10 Å². The van der Waals surface area contributed by atoms with Gasteiger partial charge in [-0.25, -0.2) is 0 Å². The van der Waals surface area contributed by atoms with Crippen molar-refractivity contribution in [2.45, 2.75) is 322 Å². The predicted molar refractivity (Wildman–Crippen MR) is 334 cm³/mol. The van der Waals surface area contributed by atoms with Gasteiger partial charge < -0.3 is 14.2 Å². The van der Waals surface area contributed by atoms with Gasteiger partial charge in [0.1, 0.15) is 13.2 Å². The zero-order valence-electron chi connectivity index (χ0n) is 50.7. The fraction of sp³-hybridized carbons (Fsp3) is 0.732. The van der Waals surface area contributed by atoms with E-state index in [1.165, 1.54) is 167 Å². The van der Waals surface area contributed by atoms with E-state index in [0.29, 0.717) is 19.3 Å². The molecule has 6 nitrogen and oxygen atoms in total. The largest absolute Gasteiger partial charge is 0.462 e. The van der Waals surface area contributed by atoms with Crippen molar-refractivity contribution in [1.29, 1.82) is 0 Å². The van der Waals surface area contributed by atoms with Crippen LogP contribution in [0.4, 0.5) is 0 Å². The third kappa shape index (κ3) is 63.0. The summed E-state index contributed by atoms with van der Waals surface area (Å²) in [5, 5.41) is 0. The van der Waals surface area contributed by atoms with E-state index in [1.807, 2.05) is 0 Å². The first-order valence-electron chi connectivity index (χ1n) is 32.7. The van der Waals surface area contributed by atoms with E-state index in [4.69, 9.17) is 14.2 Å². The molecular weight excluding hydrogens is 949 g/mol. The number of hydrogen-bond donors (Lipinski definition) is 0. The Balaban J connectivity index is 4.26. The molecule has 0 heterocycles. The summed E-state index contributed by atoms with van der Waals surface area (Å²) in [6.45, 7) is 6.37. The molecule has 0 aliphatic heterocycles. The second-order valence-electron chi connectivity index (χ2n) is 21.6. The predicted octanol–water partition coefficient (Wildman–Crippen LogP) is 22.4. The molecule has 0 aliphatic carbocycles. The van der Waals surface area contributed by atoms with Crippen molar-refractivity contribution in [2.75, 3.05) is 13.2 Å². The normalized spacial score (nSPS) is 12.7. The monoisotopic (exact) mass is 1070 g/mol. The lowest BCUT2D eigenvalue weighted by Crippen LogP contribution is -2.30. The van der Waals surface area contributed by atoms with E-state index in [0.717, 1.165) is 103 Å². The molecule has 0 amide bonds. The molecule has 0 saturated carbocycles. The number of ether oxygens (including phenoxy) is 3. The summed E-state index contributed by atoms with van der Waals surface area (Å²) in [7, 11) is 0. The number of carbonyl (C=O) groups excluding carboxylic acids is 3. The van der Waals surface area contributed by atoms with Crippen LogP contribution in [-0.2, 0) is 28.6 Å². The molecule has 0 aromatic carbocycles. The van der Waals surface area contributed by atoms with Crippen molar-refractivity contribution in [3.63, 3.8) is 0 Å². The quantitative estimate of drug-likeness (QED) is 0.0261. The lowest BCUT2D eigenvalue weighted by atomic mass is 10.0. The van der Waals surface area contributed by atoms with Crippen LogP contribution in [0.5, 0.6) is 0 Å². The van der Waals surface area contributed by atoms with E-state index >= 15 is 0 Å². The average molecular weight is 1070 g/mol. The molecule has 0 aromatic rings. The maximum atomic E-state index is 12.9. The standard InChI is InChI=1S/C71H122O6/c1-4-7-10-13-16-19-22-25-27-29-30-31-32-33-34-35-36-37-38-39-40-42-43-46-49-52-55-58-61-64-70(73)76-67-68(66-75-69(72)63-60-57-54-51-48-45-24-21-18-15-12-9-6-3)77-71(74)65-62-59-56-53-50-47-44-41-28-26-23-20-17-14-11-8-5-2/h8-9,11-12,17-18,20-21,26,28,44-45,47-48,53,56,68H,4-7,10,13-16,19,22-25,27,29-43,46,49-52,54-55,57-67H2,1-3H3/b11-8-,12-9-,20-17-,21-18-,28-26-,47-44-,48-45-,56-53-. The molecule has 0 spiro atoms. The van der Waals surface area contributed by atoms with Gasteiger partial charge in [0.2, 0.25) is 0 Å². The van der Waals surface area contributed by atoms with Crippen LogP contribution in [0.15, 0.2) is 97.2 Å². The minimum Gasteiger partial charge on any atom is -0.462 e. The van der Waals surface area contributed by atoms with Crippen LogP contribution in [0.2, 0.25) is 0 Å². The van der Waals surface area contributed by atoms with Gasteiger partial charge in [0.15, 0.2) is 6.10 Å². The summed E-state index contributed by atoms with van der Waals surface area (Å²) in [4.78, 5) is 38.2. The second kappa shape index (κ2) is 64.9. The van der Waals surface area contributed by atoms with Crippen LogP contribution >= 0.6 is 0 Å². The molecule has 0 radical (unpaired) electrons. The summed E-state index contributed by atoms with van der Waals surface area (Å²) in [6.07, 6.45) is 87.4. The highest BCUT2D eigenvalue weighted by Crippen LogP contribution is 2.17. The van der Waals surface area contributed by atoms with Crippen molar-refractivity contribution in [1.82, 2.24) is 0 Å². The highest BCUT2D eigenvalue weighted by Gasteiger charge is 2.19. The Morgan fingerprint density at radius 3 is 0.831 bits per heavy atom. The summed E-state index contributed by atoms with van der Waals surface area (Å²) in [5.41, 5.74) is 0. The molecular formula is C71H122O6. The van der Waals surface area contributed by atoms with Crippen molar-refractivity contribution < 1.29 is 28.6 Å². The first-order chi connectivity index (χ1) is 38.0. The maximum Gasteiger partial charge on any atom is 0.306 e. The summed E-state index contributed by atoms with van der Waals surface area (Å²) in [6, 6.07) is 0. The molecule has 0 N–H and O–H groups in total. The molecule has 77 heavy (non-hydrogen) atoms. The molecule has 0 bridgehead atoms. The first kappa shape index (κ1) is 73.3. The molecule has 442 valence electrons. The highest BCUT2D eigenvalue weighted by molar-refractivity contribution is 5.71. The maximum absolute atomic E-state index is 12.9. The van der Waals surface area contributed by atoms with Crippen LogP contribution in [0.3, 0.4) is 0 Å². The smallest absolute Gasteiger partial charge is 0.306 e. The number of carbonyl (C=O) groups is 3. The van der Waals surface area contributed by atoms with E-state index in [2.05, 4.69) is 118 Å². The van der Waals surface area contributed by atoms with Crippen LogP contribution in [0.25, 0.3) is 0 Å². The summed E-state index contributed by atoms with van der Waals surface area (Å²) in [5.74, 6) is -0.989. The zero-order chi connectivity index (χ0) is 55.7. The minimum atomic E-state index is -0.820. The van der Waals surface area contributed by atoms with Gasteiger partial charge in [0.25, 0.3) is 0 Å². The zero-order valence-corrected chi connectivity index (χ0v) is 50.7. The Kier molecular flexibility index (Phi) is 61.8. The lowest BCUT2D eigenvalue weighted by Gasteiger charge is -2.18. The Labute approximate surface area is 477 Å². The fourth-order valence-corrected chi connectivity index (χ4v) is 9.26. The summed E-state index contributed by atoms with van der Waals surface area (Å²) < 4.78 is 16.8. The van der Waals surface area contributed by atoms with Crippen molar-refractivity contribution in [2.24, 2.45) is 0 Å². The molecule has 0 rings (SSSR count). The van der Waals surface area contributed by atoms with Crippen molar-refractivity contribution >= 4 is 17.9 Å². The van der Waals surface area contributed by atoms with E-state index in [1.54, 1.807) is 0 Å². The van der Waals surface area contributed by atoms with Gasteiger partial charge in [-0.2, -0.15) is 0 Å². The third-order valence-corrected chi connectivity index (χ3v) is 14.1. The van der Waals surface area contributed by atoms with E-state index in [9.17, 15) is 14.4 Å². The van der Waals surface area contributed by atoms with Crippen molar-refractivity contribution in [3.05, 3.63) is 97.2 Å². The molecule has 0 aliphatic rings. The van der Waals surface area contributed by atoms with Crippen LogP contribution in [-0.4, -0.2) is 37.2 Å². The molecule has 0 fully saturated rings. The Bertz CT molecular complexity index is 1510. The summed E-state index contributed by atoms with van der Waals surface area (Å²) >= 11 is 0. The van der Waals surface area contributed by atoms with Gasteiger partial charge in [0.05, 0.1) is 0 Å². The Hall–Kier alpha value is -3.67. The first-order valence-corrected chi connectivity index (χ1v) is 32.7. The van der Waals surface area contributed by atoms with Gasteiger partial charge in [-0.1, -0.05) is 304 Å². The van der Waals surface area contributed by atoms with Gasteiger partial charge in [-0.15, -0.1) is 0 Å². The minimum absolute atomic E-state index is 0.108. The number of esters is 3. The molecule has 6 heteroatoms. The fourth-order valence-electron chi connectivity index (χ4n) is 9.26. The molecule has 1 unspecified atom stereocenters. The third-order valence-electron chi connectivity index (χ3n) is 14.1. The average Bonchev–Trinajstić information content (AvgIpc) is 3.43. The van der Waals surface area contributed by atoms with Gasteiger partial charge in [0, 0.05) is 19.3 Å². The van der Waals surface area contributed by atoms with Gasteiger partial charge in [-0.3, -0.25) is 14.4 Å². The van der Waals surface area contributed by atoms with Gasteiger partial charge in [-0.05, 0) is 89.9 Å². The highest BCUT2D eigenvalue weighted by atomic mass is 16.6. The SMILES string of the molecule is CC/C=C\C/C=C\C/C=C\C/C=C\C/C=C\CCCC(=O)OC(COC(=O)CCCCC/C=C\C/C=C\C/C=C\CC)COC(=O)CCCCCCCCCCCCCCCCCCCCCCCCCCCCCCC. The molecule has 1 atom stereocenters. The second-order valence-corrected chi connectivity index (χ2v) is 21.6.